The Kier molecular flexibility index (Phi) is 7.39. The smallest absolute Gasteiger partial charge is 0.246 e. The summed E-state index contributed by atoms with van der Waals surface area (Å²) in [5.74, 6) is 1.79. The van der Waals surface area contributed by atoms with E-state index in [4.69, 9.17) is 9.26 Å². The number of aromatic nitrogens is 2. The summed E-state index contributed by atoms with van der Waals surface area (Å²) in [6.07, 6.45) is -0.181. The zero-order valence-corrected chi connectivity index (χ0v) is 16.6. The Labute approximate surface area is 156 Å². The first-order valence-electron chi connectivity index (χ1n) is 8.14. The third-order valence-corrected chi connectivity index (χ3v) is 4.37. The average Bonchev–Trinajstić information content (AvgIpc) is 3.07. The number of nitrogens with one attached hydrogen (secondary N) is 1. The molecule has 0 saturated heterocycles. The largest absolute Gasteiger partial charge is 0.371 e. The number of halogens is 1. The van der Waals surface area contributed by atoms with Crippen molar-refractivity contribution in [2.75, 3.05) is 20.7 Å². The molecule has 0 saturated carbocycles. The van der Waals surface area contributed by atoms with E-state index in [1.165, 1.54) is 5.56 Å². The second-order valence-corrected chi connectivity index (χ2v) is 6.35. The van der Waals surface area contributed by atoms with E-state index in [0.29, 0.717) is 24.9 Å². The second-order valence-electron chi connectivity index (χ2n) is 5.49. The molecule has 1 atom stereocenters. The summed E-state index contributed by atoms with van der Waals surface area (Å²) < 4.78 is 11.8. The summed E-state index contributed by atoms with van der Waals surface area (Å²) in [5.41, 5.74) is 1.18. The Balaban J connectivity index is 1.93. The first kappa shape index (κ1) is 19.4. The minimum atomic E-state index is -0.181. The van der Waals surface area contributed by atoms with Gasteiger partial charge in [-0.3, -0.25) is 4.99 Å². The van der Waals surface area contributed by atoms with Gasteiger partial charge in [-0.25, -0.2) is 0 Å². The minimum Gasteiger partial charge on any atom is -0.371 e. The van der Waals surface area contributed by atoms with E-state index in [1.807, 2.05) is 44.0 Å². The van der Waals surface area contributed by atoms with Gasteiger partial charge in [0.15, 0.2) is 11.8 Å². The van der Waals surface area contributed by atoms with Gasteiger partial charge in [0, 0.05) is 31.7 Å². The van der Waals surface area contributed by atoms with Gasteiger partial charge in [-0.2, -0.15) is 4.98 Å². The summed E-state index contributed by atoms with van der Waals surface area (Å²) in [6.45, 7) is 5.56. The molecule has 1 heterocycles. The molecule has 1 N–H and O–H groups in total. The molecule has 2 aromatic rings. The summed E-state index contributed by atoms with van der Waals surface area (Å²) >= 11 is 3.57. The van der Waals surface area contributed by atoms with E-state index in [2.05, 4.69) is 42.4 Å². The number of aliphatic imine (C=N–C) groups is 1. The van der Waals surface area contributed by atoms with E-state index >= 15 is 0 Å². The Morgan fingerprint density at radius 1 is 1.44 bits per heavy atom. The topological polar surface area (TPSA) is 75.8 Å². The number of hydrogen-bond donors (Lipinski definition) is 1. The Hall–Kier alpha value is -1.93. The van der Waals surface area contributed by atoms with Crippen molar-refractivity contribution in [2.24, 2.45) is 4.99 Å². The van der Waals surface area contributed by atoms with Crippen molar-refractivity contribution < 1.29 is 9.26 Å². The Morgan fingerprint density at radius 2 is 2.20 bits per heavy atom. The van der Waals surface area contributed by atoms with Crippen LogP contribution < -0.4 is 5.32 Å². The number of guanidine groups is 1. The standard InChI is InChI=1S/C17H24BrN5O2/c1-5-24-12(2)16-21-15(25-22-16)10-20-17(19-3)23(4)11-13-8-6-7-9-14(13)18/h6-9,12H,5,10-11H2,1-4H3,(H,19,20). The van der Waals surface area contributed by atoms with Crippen LogP contribution in [0.15, 0.2) is 38.3 Å². The van der Waals surface area contributed by atoms with Crippen molar-refractivity contribution >= 4 is 21.9 Å². The van der Waals surface area contributed by atoms with Crippen molar-refractivity contribution in [1.82, 2.24) is 20.4 Å². The highest BCUT2D eigenvalue weighted by atomic mass is 79.9. The fourth-order valence-electron chi connectivity index (χ4n) is 2.33. The molecule has 0 fully saturated rings. The van der Waals surface area contributed by atoms with Gasteiger partial charge in [0.2, 0.25) is 5.89 Å². The molecule has 1 aromatic heterocycles. The van der Waals surface area contributed by atoms with Crippen molar-refractivity contribution in [3.05, 3.63) is 46.0 Å². The van der Waals surface area contributed by atoms with Crippen molar-refractivity contribution in [3.8, 4) is 0 Å². The van der Waals surface area contributed by atoms with E-state index < -0.39 is 0 Å². The third kappa shape index (κ3) is 5.54. The van der Waals surface area contributed by atoms with E-state index in [-0.39, 0.29) is 6.10 Å². The number of nitrogens with zero attached hydrogens (tertiary/aromatic N) is 4. The van der Waals surface area contributed by atoms with E-state index in [9.17, 15) is 0 Å². The highest BCUT2D eigenvalue weighted by Crippen LogP contribution is 2.17. The molecule has 0 aliphatic heterocycles. The zero-order chi connectivity index (χ0) is 18.2. The van der Waals surface area contributed by atoms with Crippen molar-refractivity contribution in [3.63, 3.8) is 0 Å². The highest BCUT2D eigenvalue weighted by Gasteiger charge is 2.15. The molecule has 136 valence electrons. The van der Waals surface area contributed by atoms with Gasteiger partial charge in [0.25, 0.3) is 0 Å². The molecular weight excluding hydrogens is 386 g/mol. The summed E-state index contributed by atoms with van der Waals surface area (Å²) in [5, 5.41) is 7.18. The van der Waals surface area contributed by atoms with Gasteiger partial charge in [0.1, 0.15) is 6.10 Å². The molecule has 8 heteroatoms. The maximum Gasteiger partial charge on any atom is 0.246 e. The fourth-order valence-corrected chi connectivity index (χ4v) is 2.74. The van der Waals surface area contributed by atoms with Crippen LogP contribution in [0, 0.1) is 0 Å². The predicted molar refractivity (Wildman–Crippen MR) is 100 cm³/mol. The number of ether oxygens (including phenoxy) is 1. The zero-order valence-electron chi connectivity index (χ0n) is 15.0. The second kappa shape index (κ2) is 9.53. The summed E-state index contributed by atoms with van der Waals surface area (Å²) in [6, 6.07) is 8.12. The van der Waals surface area contributed by atoms with Crippen LogP contribution in [0.4, 0.5) is 0 Å². The molecular formula is C17H24BrN5O2. The molecule has 0 bridgehead atoms. The summed E-state index contributed by atoms with van der Waals surface area (Å²) in [7, 11) is 3.72. The first-order chi connectivity index (χ1) is 12.0. The molecule has 1 aromatic carbocycles. The molecule has 0 aliphatic carbocycles. The first-order valence-corrected chi connectivity index (χ1v) is 8.93. The van der Waals surface area contributed by atoms with Crippen LogP contribution in [-0.2, 0) is 17.8 Å². The van der Waals surface area contributed by atoms with E-state index in [1.54, 1.807) is 7.05 Å². The molecule has 0 amide bonds. The van der Waals surface area contributed by atoms with Crippen LogP contribution in [0.2, 0.25) is 0 Å². The molecule has 1 unspecified atom stereocenters. The lowest BCUT2D eigenvalue weighted by molar-refractivity contribution is 0.0683. The van der Waals surface area contributed by atoms with Crippen LogP contribution in [0.1, 0.15) is 37.2 Å². The third-order valence-electron chi connectivity index (χ3n) is 3.60. The van der Waals surface area contributed by atoms with Gasteiger partial charge in [-0.1, -0.05) is 39.3 Å². The molecule has 2 rings (SSSR count). The Morgan fingerprint density at radius 3 is 2.88 bits per heavy atom. The van der Waals surface area contributed by atoms with Gasteiger partial charge in [0.05, 0.1) is 6.54 Å². The van der Waals surface area contributed by atoms with E-state index in [0.717, 1.165) is 17.0 Å². The minimum absolute atomic E-state index is 0.181. The van der Waals surface area contributed by atoms with Crippen LogP contribution in [0.3, 0.4) is 0 Å². The quantitative estimate of drug-likeness (QED) is 0.559. The monoisotopic (exact) mass is 409 g/mol. The average molecular weight is 410 g/mol. The number of benzene rings is 1. The fraction of sp³-hybridized carbons (Fsp3) is 0.471. The van der Waals surface area contributed by atoms with Crippen LogP contribution in [-0.4, -0.2) is 41.7 Å². The lowest BCUT2D eigenvalue weighted by atomic mass is 10.2. The number of rotatable bonds is 7. The van der Waals surface area contributed by atoms with Crippen molar-refractivity contribution in [1.29, 1.82) is 0 Å². The lowest BCUT2D eigenvalue weighted by Crippen LogP contribution is -2.38. The van der Waals surface area contributed by atoms with Crippen molar-refractivity contribution in [2.45, 2.75) is 33.0 Å². The number of hydrogen-bond acceptors (Lipinski definition) is 5. The maximum absolute atomic E-state index is 5.46. The maximum atomic E-state index is 5.46. The molecule has 0 spiro atoms. The van der Waals surface area contributed by atoms with Crippen LogP contribution in [0.5, 0.6) is 0 Å². The molecule has 7 nitrogen and oxygen atoms in total. The molecule has 25 heavy (non-hydrogen) atoms. The molecule has 0 radical (unpaired) electrons. The normalized spacial score (nSPS) is 12.9. The molecule has 0 aliphatic rings. The lowest BCUT2D eigenvalue weighted by Gasteiger charge is -2.22. The van der Waals surface area contributed by atoms with Crippen LogP contribution >= 0.6 is 15.9 Å². The van der Waals surface area contributed by atoms with Gasteiger partial charge in [-0.05, 0) is 25.5 Å². The Bertz CT molecular complexity index is 704. The predicted octanol–water partition coefficient (Wildman–Crippen LogP) is 3.14. The highest BCUT2D eigenvalue weighted by molar-refractivity contribution is 9.10. The summed E-state index contributed by atoms with van der Waals surface area (Å²) in [4.78, 5) is 10.7. The van der Waals surface area contributed by atoms with Crippen LogP contribution in [0.25, 0.3) is 0 Å². The van der Waals surface area contributed by atoms with Gasteiger partial charge < -0.3 is 19.5 Å². The van der Waals surface area contributed by atoms with Gasteiger partial charge >= 0.3 is 0 Å². The van der Waals surface area contributed by atoms with Gasteiger partial charge in [-0.15, -0.1) is 0 Å². The SMILES string of the molecule is CCOC(C)c1noc(CNC(=NC)N(C)Cc2ccccc2Br)n1.